The van der Waals surface area contributed by atoms with Crippen LogP contribution in [0.15, 0.2) is 24.3 Å². The van der Waals surface area contributed by atoms with Gasteiger partial charge in [-0.25, -0.2) is 0 Å². The molecule has 2 bridgehead atoms. The van der Waals surface area contributed by atoms with Crippen LogP contribution in [-0.2, 0) is 0 Å². The predicted octanol–water partition coefficient (Wildman–Crippen LogP) is 2.14. The van der Waals surface area contributed by atoms with Gasteiger partial charge in [0.25, 0.3) is 0 Å². The smallest absolute Gasteiger partial charge is 0.00477 e. The van der Waals surface area contributed by atoms with E-state index in [0.717, 1.165) is 11.8 Å². The lowest BCUT2D eigenvalue weighted by atomic mass is 9.94. The molecular weight excluding hydrogens is 96.1 g/mol. The number of rotatable bonds is 0. The van der Waals surface area contributed by atoms with Gasteiger partial charge in [0.05, 0.1) is 0 Å². The van der Waals surface area contributed by atoms with Crippen molar-refractivity contribution in [2.75, 3.05) is 0 Å². The van der Waals surface area contributed by atoms with Gasteiger partial charge < -0.3 is 0 Å². The van der Waals surface area contributed by atoms with Crippen molar-refractivity contribution in [3.05, 3.63) is 24.3 Å². The van der Waals surface area contributed by atoms with Gasteiger partial charge in [-0.05, 0) is 24.7 Å². The van der Waals surface area contributed by atoms with Crippen molar-refractivity contribution in [1.29, 1.82) is 0 Å². The molecule has 0 N–H and O–H groups in total. The summed E-state index contributed by atoms with van der Waals surface area (Å²) in [6.07, 6.45) is 12.0. The molecule has 0 saturated heterocycles. The third kappa shape index (κ3) is 0.525. The molecule has 0 nitrogen and oxygen atoms in total. The van der Waals surface area contributed by atoms with E-state index in [4.69, 9.17) is 0 Å². The normalized spacial score (nSPS) is 41.0. The molecule has 2 unspecified atom stereocenters. The summed E-state index contributed by atoms with van der Waals surface area (Å²) >= 11 is 0. The van der Waals surface area contributed by atoms with Gasteiger partial charge >= 0.3 is 0 Å². The van der Waals surface area contributed by atoms with Crippen LogP contribution >= 0.6 is 0 Å². The fourth-order valence-electron chi connectivity index (χ4n) is 1.55. The number of hydrogen-bond acceptors (Lipinski definition) is 0. The van der Waals surface area contributed by atoms with Crippen LogP contribution < -0.4 is 0 Å². The quantitative estimate of drug-likeness (QED) is 0.415. The largest absolute Gasteiger partial charge is 0.0874 e. The molecule has 2 aliphatic carbocycles. The van der Waals surface area contributed by atoms with Crippen LogP contribution in [0.4, 0.5) is 0 Å². The summed E-state index contributed by atoms with van der Waals surface area (Å²) in [5.41, 5.74) is 0. The highest BCUT2D eigenvalue weighted by molar-refractivity contribution is 5.14. The fraction of sp³-hybridized carbons (Fsp3) is 0.500. The molecule has 0 aromatic rings. The number of allylic oxidation sites excluding steroid dienone is 4. The molecular formula is C8H10. The standard InChI is InChI=1S/C8H10/c1-2-7-4-5-8(3-1)6-7/h1-2,4-5,7-8H,3,6H2. The molecule has 0 aromatic heterocycles. The first-order chi connectivity index (χ1) is 3.95. The summed E-state index contributed by atoms with van der Waals surface area (Å²) in [7, 11) is 0. The van der Waals surface area contributed by atoms with E-state index < -0.39 is 0 Å². The Hall–Kier alpha value is -0.520. The first-order valence-electron chi connectivity index (χ1n) is 3.30. The molecule has 8 heavy (non-hydrogen) atoms. The Bertz CT molecular complexity index is 140. The summed E-state index contributed by atoms with van der Waals surface area (Å²) in [5, 5.41) is 0. The third-order valence-corrected chi connectivity index (χ3v) is 2.03. The Balaban J connectivity index is 2.28. The highest BCUT2D eigenvalue weighted by Crippen LogP contribution is 2.31. The minimum Gasteiger partial charge on any atom is -0.0874 e. The van der Waals surface area contributed by atoms with Gasteiger partial charge in [-0.1, -0.05) is 24.3 Å². The topological polar surface area (TPSA) is 0 Å². The van der Waals surface area contributed by atoms with E-state index in [2.05, 4.69) is 24.3 Å². The monoisotopic (exact) mass is 106 g/mol. The Labute approximate surface area is 49.9 Å². The van der Waals surface area contributed by atoms with E-state index >= 15 is 0 Å². The molecule has 0 amide bonds. The van der Waals surface area contributed by atoms with Gasteiger partial charge in [-0.2, -0.15) is 0 Å². The van der Waals surface area contributed by atoms with Gasteiger partial charge in [0.2, 0.25) is 0 Å². The highest BCUT2D eigenvalue weighted by Gasteiger charge is 2.18. The molecule has 0 heteroatoms. The molecule has 2 rings (SSSR count). The maximum absolute atomic E-state index is 2.35. The molecule has 0 spiro atoms. The summed E-state index contributed by atoms with van der Waals surface area (Å²) in [6.45, 7) is 0. The van der Waals surface area contributed by atoms with E-state index in [-0.39, 0.29) is 0 Å². The van der Waals surface area contributed by atoms with Crippen LogP contribution in [0.25, 0.3) is 0 Å². The molecule has 2 atom stereocenters. The first-order valence-corrected chi connectivity index (χ1v) is 3.30. The van der Waals surface area contributed by atoms with Gasteiger partial charge in [0.15, 0.2) is 0 Å². The van der Waals surface area contributed by atoms with Crippen LogP contribution in [0.2, 0.25) is 0 Å². The van der Waals surface area contributed by atoms with Crippen LogP contribution in [-0.4, -0.2) is 0 Å². The van der Waals surface area contributed by atoms with Crippen LogP contribution in [0.3, 0.4) is 0 Å². The predicted molar refractivity (Wildman–Crippen MR) is 34.5 cm³/mol. The van der Waals surface area contributed by atoms with Gasteiger partial charge in [0, 0.05) is 0 Å². The third-order valence-electron chi connectivity index (χ3n) is 2.03. The summed E-state index contributed by atoms with van der Waals surface area (Å²) < 4.78 is 0. The zero-order valence-electron chi connectivity index (χ0n) is 4.88. The molecule has 0 fully saturated rings. The number of fused-ring (bicyclic) bond motifs is 2. The molecule has 0 aromatic carbocycles. The lowest BCUT2D eigenvalue weighted by Gasteiger charge is -2.10. The van der Waals surface area contributed by atoms with Crippen molar-refractivity contribution in [1.82, 2.24) is 0 Å². The minimum atomic E-state index is 0.800. The molecule has 2 aliphatic rings. The van der Waals surface area contributed by atoms with Gasteiger partial charge in [-0.3, -0.25) is 0 Å². The highest BCUT2D eigenvalue weighted by atomic mass is 14.2. The Morgan fingerprint density at radius 3 is 2.88 bits per heavy atom. The Morgan fingerprint density at radius 1 is 1.12 bits per heavy atom. The van der Waals surface area contributed by atoms with Crippen LogP contribution in [0.5, 0.6) is 0 Å². The number of hydrogen-bond donors (Lipinski definition) is 0. The minimum absolute atomic E-state index is 0.800. The van der Waals surface area contributed by atoms with Gasteiger partial charge in [-0.15, -0.1) is 0 Å². The first kappa shape index (κ1) is 4.37. The average Bonchev–Trinajstić information content (AvgIpc) is 2.12. The van der Waals surface area contributed by atoms with Crippen LogP contribution in [0.1, 0.15) is 12.8 Å². The van der Waals surface area contributed by atoms with E-state index in [0.29, 0.717) is 0 Å². The second-order valence-corrected chi connectivity index (χ2v) is 2.71. The Morgan fingerprint density at radius 2 is 2.12 bits per heavy atom. The van der Waals surface area contributed by atoms with Gasteiger partial charge in [0.1, 0.15) is 0 Å². The van der Waals surface area contributed by atoms with E-state index in [1.165, 1.54) is 12.8 Å². The molecule has 0 saturated carbocycles. The zero-order valence-corrected chi connectivity index (χ0v) is 4.88. The summed E-state index contributed by atoms with van der Waals surface area (Å²) in [4.78, 5) is 0. The van der Waals surface area contributed by atoms with Crippen molar-refractivity contribution < 1.29 is 0 Å². The van der Waals surface area contributed by atoms with E-state index in [9.17, 15) is 0 Å². The SMILES string of the molecule is C1=CC2C=CC(C1)C2. The second kappa shape index (κ2) is 1.48. The molecule has 42 valence electrons. The summed E-state index contributed by atoms with van der Waals surface area (Å²) in [5.74, 6) is 1.69. The lowest BCUT2D eigenvalue weighted by molar-refractivity contribution is 0.561. The second-order valence-electron chi connectivity index (χ2n) is 2.71. The van der Waals surface area contributed by atoms with Crippen LogP contribution in [0, 0.1) is 11.8 Å². The van der Waals surface area contributed by atoms with Crippen molar-refractivity contribution >= 4 is 0 Å². The van der Waals surface area contributed by atoms with E-state index in [1.807, 2.05) is 0 Å². The van der Waals surface area contributed by atoms with Crippen molar-refractivity contribution in [2.24, 2.45) is 11.8 Å². The maximum atomic E-state index is 2.35. The van der Waals surface area contributed by atoms with E-state index in [1.54, 1.807) is 0 Å². The average molecular weight is 106 g/mol. The van der Waals surface area contributed by atoms with Crippen molar-refractivity contribution in [2.45, 2.75) is 12.8 Å². The lowest BCUT2D eigenvalue weighted by Crippen LogP contribution is -1.98. The Kier molecular flexibility index (Phi) is 0.806. The van der Waals surface area contributed by atoms with Crippen molar-refractivity contribution in [3.8, 4) is 0 Å². The summed E-state index contributed by atoms with van der Waals surface area (Å²) in [6, 6.07) is 0. The zero-order chi connectivity index (χ0) is 5.40. The fourth-order valence-corrected chi connectivity index (χ4v) is 1.55. The molecule has 0 heterocycles. The molecule has 0 aliphatic heterocycles. The van der Waals surface area contributed by atoms with Crippen molar-refractivity contribution in [3.63, 3.8) is 0 Å². The maximum Gasteiger partial charge on any atom is -0.00477 e. The molecule has 0 radical (unpaired) electrons.